The molecule has 0 aliphatic rings. The summed E-state index contributed by atoms with van der Waals surface area (Å²) < 4.78 is 111. The topological polar surface area (TPSA) is 149 Å². The fourth-order valence-corrected chi connectivity index (χ4v) is 6.18. The molecule has 392 valence electrons. The minimum atomic E-state index is -4.48. The van der Waals surface area contributed by atoms with Crippen LogP contribution in [-0.2, 0) is 67.8 Å². The van der Waals surface area contributed by atoms with E-state index in [1.165, 1.54) is 76.0 Å². The van der Waals surface area contributed by atoms with Crippen molar-refractivity contribution < 1.29 is 79.5 Å². The molecular formula is C50H82F3NO14. The molecule has 0 bridgehead atoms. The van der Waals surface area contributed by atoms with Crippen LogP contribution in [0.5, 0.6) is 0 Å². The number of hydrogen-bond donors (Lipinski definition) is 1. The largest absolute Gasteiger partial charge is 0.460 e. The lowest BCUT2D eigenvalue weighted by Gasteiger charge is -2.13. The second kappa shape index (κ2) is 45.2. The number of halogens is 3. The third-order valence-electron chi connectivity index (χ3n) is 9.81. The van der Waals surface area contributed by atoms with Gasteiger partial charge >= 0.3 is 12.1 Å². The Hall–Kier alpha value is -2.98. The molecule has 15 nitrogen and oxygen atoms in total. The van der Waals surface area contributed by atoms with Crippen molar-refractivity contribution in [3.8, 4) is 0 Å². The zero-order chi connectivity index (χ0) is 48.7. The van der Waals surface area contributed by atoms with E-state index < -0.39 is 17.7 Å². The van der Waals surface area contributed by atoms with E-state index in [1.807, 2.05) is 0 Å². The molecule has 0 heterocycles. The predicted molar refractivity (Wildman–Crippen MR) is 253 cm³/mol. The molecule has 68 heavy (non-hydrogen) atoms. The third-order valence-corrected chi connectivity index (χ3v) is 9.81. The van der Waals surface area contributed by atoms with Crippen molar-refractivity contribution in [1.29, 1.82) is 0 Å². The molecule has 2 aromatic rings. The molecule has 2 rings (SSSR count). The molecule has 0 saturated heterocycles. The van der Waals surface area contributed by atoms with Crippen LogP contribution < -0.4 is 5.32 Å². The van der Waals surface area contributed by atoms with Gasteiger partial charge in [0.15, 0.2) is 0 Å². The highest BCUT2D eigenvalue weighted by Crippen LogP contribution is 2.32. The highest BCUT2D eigenvalue weighted by molar-refractivity contribution is 5.96. The fraction of sp³-hybridized carbons (Fsp3) is 0.740. The van der Waals surface area contributed by atoms with Crippen molar-refractivity contribution in [2.75, 3.05) is 170 Å². The molecule has 0 aliphatic heterocycles. The van der Waals surface area contributed by atoms with Crippen molar-refractivity contribution in [3.05, 3.63) is 59.7 Å². The van der Waals surface area contributed by atoms with Gasteiger partial charge in [0, 0.05) is 12.3 Å². The van der Waals surface area contributed by atoms with Crippen LogP contribution in [0.25, 0.3) is 0 Å². The van der Waals surface area contributed by atoms with Crippen LogP contribution in [0.15, 0.2) is 48.5 Å². The van der Waals surface area contributed by atoms with Crippen molar-refractivity contribution in [1.82, 2.24) is 0 Å². The SMILES string of the molecule is CCCCCCCCCCCCOCCOCCOCCOCCOCCOCCOCCOCCOCCOCCOCCOCCOC(=O)c1ccccc1Nc1cccc(C(F)(F)F)c1. The Morgan fingerprint density at radius 1 is 0.412 bits per heavy atom. The lowest BCUT2D eigenvalue weighted by molar-refractivity contribution is -0.137. The van der Waals surface area contributed by atoms with Gasteiger partial charge in [-0.05, 0) is 36.8 Å². The molecule has 0 radical (unpaired) electrons. The van der Waals surface area contributed by atoms with Crippen molar-refractivity contribution in [2.24, 2.45) is 0 Å². The fourth-order valence-electron chi connectivity index (χ4n) is 6.18. The molecular weight excluding hydrogens is 896 g/mol. The number of para-hydroxylation sites is 1. The molecule has 0 unspecified atom stereocenters. The second-order valence-corrected chi connectivity index (χ2v) is 15.4. The summed E-state index contributed by atoms with van der Waals surface area (Å²) in [5, 5.41) is 2.86. The summed E-state index contributed by atoms with van der Waals surface area (Å²) in [6.07, 6.45) is 8.82. The van der Waals surface area contributed by atoms with Gasteiger partial charge in [0.05, 0.1) is 169 Å². The van der Waals surface area contributed by atoms with Gasteiger partial charge in [0.2, 0.25) is 0 Å². The number of ether oxygens (including phenoxy) is 13. The Bertz CT molecular complexity index is 1430. The number of esters is 1. The first-order valence-electron chi connectivity index (χ1n) is 24.5. The first kappa shape index (κ1) is 61.1. The number of nitrogens with one attached hydrogen (secondary N) is 1. The van der Waals surface area contributed by atoms with Gasteiger partial charge in [-0.1, -0.05) is 82.9 Å². The normalized spacial score (nSPS) is 11.7. The van der Waals surface area contributed by atoms with E-state index in [2.05, 4.69) is 12.2 Å². The van der Waals surface area contributed by atoms with Crippen LogP contribution in [0.3, 0.4) is 0 Å². The average Bonchev–Trinajstić information content (AvgIpc) is 3.33. The maximum absolute atomic E-state index is 13.1. The standard InChI is InChI=1S/C50H82F3NO14/c1-2-3-4-5-6-7-8-9-10-13-19-56-20-21-57-22-23-58-24-25-59-26-27-60-28-29-61-30-31-62-32-33-63-34-35-64-36-37-65-38-39-66-40-41-67-42-43-68-49(55)47-17-11-12-18-48(47)54-46-16-14-15-45(44-46)50(51,52)53/h11-12,14-18,44,54H,2-10,13,19-43H2,1H3. The number of benzene rings is 2. The molecule has 0 saturated carbocycles. The zero-order valence-electron chi connectivity index (χ0n) is 40.7. The lowest BCUT2D eigenvalue weighted by atomic mass is 10.1. The second-order valence-electron chi connectivity index (χ2n) is 15.4. The number of unbranched alkanes of at least 4 members (excludes halogenated alkanes) is 9. The molecule has 0 fully saturated rings. The third kappa shape index (κ3) is 36.9. The van der Waals surface area contributed by atoms with Gasteiger partial charge < -0.3 is 66.9 Å². The highest BCUT2D eigenvalue weighted by Gasteiger charge is 2.30. The highest BCUT2D eigenvalue weighted by atomic mass is 19.4. The molecule has 0 spiro atoms. The molecule has 0 aromatic heterocycles. The Kier molecular flexibility index (Phi) is 40.6. The van der Waals surface area contributed by atoms with Crippen LogP contribution >= 0.6 is 0 Å². The maximum atomic E-state index is 13.1. The van der Waals surface area contributed by atoms with E-state index in [1.54, 1.807) is 18.2 Å². The van der Waals surface area contributed by atoms with E-state index in [0.717, 1.165) is 25.2 Å². The van der Waals surface area contributed by atoms with Crippen LogP contribution in [0.1, 0.15) is 87.1 Å². The number of anilines is 2. The Labute approximate surface area is 403 Å². The van der Waals surface area contributed by atoms with Crippen LogP contribution in [0, 0.1) is 0 Å². The van der Waals surface area contributed by atoms with Crippen LogP contribution in [0.4, 0.5) is 24.5 Å². The molecule has 0 aliphatic carbocycles. The monoisotopic (exact) mass is 978 g/mol. The minimum absolute atomic E-state index is 0.00401. The van der Waals surface area contributed by atoms with E-state index in [4.69, 9.17) is 61.6 Å². The number of carbonyl (C=O) groups is 1. The summed E-state index contributed by atoms with van der Waals surface area (Å²) in [5.41, 5.74) is -0.0932. The van der Waals surface area contributed by atoms with Crippen LogP contribution in [-0.4, -0.2) is 171 Å². The Balaban J connectivity index is 1.20. The molecule has 2 aromatic carbocycles. The number of rotatable bonds is 50. The first-order valence-corrected chi connectivity index (χ1v) is 24.5. The Morgan fingerprint density at radius 2 is 0.750 bits per heavy atom. The van der Waals surface area contributed by atoms with E-state index in [0.29, 0.717) is 151 Å². The smallest absolute Gasteiger partial charge is 0.416 e. The summed E-state index contributed by atoms with van der Waals surface area (Å²) in [7, 11) is 0. The van der Waals surface area contributed by atoms with E-state index >= 15 is 0 Å². The van der Waals surface area contributed by atoms with Crippen LogP contribution in [0.2, 0.25) is 0 Å². The van der Waals surface area contributed by atoms with Crippen molar-refractivity contribution in [2.45, 2.75) is 77.3 Å². The number of hydrogen-bond acceptors (Lipinski definition) is 15. The minimum Gasteiger partial charge on any atom is -0.460 e. The number of carbonyl (C=O) groups excluding carboxylic acids is 1. The molecule has 1 N–H and O–H groups in total. The summed E-state index contributed by atoms with van der Waals surface area (Å²) in [6, 6.07) is 11.1. The summed E-state index contributed by atoms with van der Waals surface area (Å²) in [5.74, 6) is -0.629. The van der Waals surface area contributed by atoms with Crippen molar-refractivity contribution in [3.63, 3.8) is 0 Å². The summed E-state index contributed by atoms with van der Waals surface area (Å²) in [6.45, 7) is 13.6. The predicted octanol–water partition coefficient (Wildman–Crippen LogP) is 8.73. The first-order chi connectivity index (χ1) is 33.4. The average molecular weight is 978 g/mol. The van der Waals surface area contributed by atoms with Gasteiger partial charge in [-0.15, -0.1) is 0 Å². The molecule has 0 amide bonds. The molecule has 18 heteroatoms. The van der Waals surface area contributed by atoms with Gasteiger partial charge in [-0.3, -0.25) is 0 Å². The summed E-state index contributed by atoms with van der Waals surface area (Å²) in [4.78, 5) is 12.6. The van der Waals surface area contributed by atoms with Gasteiger partial charge in [0.25, 0.3) is 0 Å². The quantitative estimate of drug-likeness (QED) is 0.0497. The lowest BCUT2D eigenvalue weighted by Crippen LogP contribution is -2.16. The van der Waals surface area contributed by atoms with Gasteiger partial charge in [-0.2, -0.15) is 13.2 Å². The Morgan fingerprint density at radius 3 is 1.13 bits per heavy atom. The van der Waals surface area contributed by atoms with Gasteiger partial charge in [-0.25, -0.2) is 4.79 Å². The maximum Gasteiger partial charge on any atom is 0.416 e. The van der Waals surface area contributed by atoms with Gasteiger partial charge in [0.1, 0.15) is 6.61 Å². The van der Waals surface area contributed by atoms with E-state index in [-0.39, 0.29) is 24.5 Å². The van der Waals surface area contributed by atoms with Crippen molar-refractivity contribution >= 4 is 17.3 Å². The number of alkyl halides is 3. The zero-order valence-corrected chi connectivity index (χ0v) is 40.7. The molecule has 0 atom stereocenters. The van der Waals surface area contributed by atoms with E-state index in [9.17, 15) is 18.0 Å². The summed E-state index contributed by atoms with van der Waals surface area (Å²) >= 11 is 0.